The summed E-state index contributed by atoms with van der Waals surface area (Å²) in [4.78, 5) is 45.2. The van der Waals surface area contributed by atoms with Crippen molar-refractivity contribution in [1.29, 1.82) is 0 Å². The zero-order valence-corrected chi connectivity index (χ0v) is 20.6. The minimum absolute atomic E-state index is 0.0458. The number of fused-ring (bicyclic) bond motifs is 6. The van der Waals surface area contributed by atoms with Gasteiger partial charge in [0.1, 0.15) is 5.41 Å². The van der Waals surface area contributed by atoms with Crippen LogP contribution in [0.5, 0.6) is 0 Å². The SMILES string of the molecule is CC(C)(C)C(=O)[C@@H]1[C@@H](C(=O)c2cccs2)[C@@]2(C(=O)Nc3ccccc32)[C@H]2c3ccccc3C=CN12. The monoisotopic (exact) mass is 482 g/mol. The number of hydrogen-bond acceptors (Lipinski definition) is 5. The van der Waals surface area contributed by atoms with Crippen LogP contribution in [0.2, 0.25) is 0 Å². The van der Waals surface area contributed by atoms with Gasteiger partial charge in [0.15, 0.2) is 11.6 Å². The van der Waals surface area contributed by atoms with Crippen molar-refractivity contribution in [2.24, 2.45) is 11.3 Å². The molecule has 6 rings (SSSR count). The Morgan fingerprint density at radius 2 is 1.74 bits per heavy atom. The van der Waals surface area contributed by atoms with Crippen LogP contribution in [0.15, 0.2) is 72.2 Å². The van der Waals surface area contributed by atoms with Crippen molar-refractivity contribution in [3.63, 3.8) is 0 Å². The molecule has 1 fully saturated rings. The number of rotatable bonds is 3. The number of anilines is 1. The summed E-state index contributed by atoms with van der Waals surface area (Å²) in [6.07, 6.45) is 3.90. The topological polar surface area (TPSA) is 66.5 Å². The lowest BCUT2D eigenvalue weighted by Crippen LogP contribution is -2.50. The molecule has 0 aliphatic carbocycles. The summed E-state index contributed by atoms with van der Waals surface area (Å²) in [6, 6.07) is 17.9. The normalized spacial score (nSPS) is 26.3. The Bertz CT molecular complexity index is 1400. The lowest BCUT2D eigenvalue weighted by atomic mass is 9.62. The molecule has 0 radical (unpaired) electrons. The second kappa shape index (κ2) is 7.49. The van der Waals surface area contributed by atoms with Crippen LogP contribution in [0.3, 0.4) is 0 Å². The third-order valence-electron chi connectivity index (χ3n) is 7.62. The molecule has 35 heavy (non-hydrogen) atoms. The minimum atomic E-state index is -1.25. The molecule has 3 aliphatic heterocycles. The molecule has 1 aromatic heterocycles. The molecule has 1 amide bonds. The first-order chi connectivity index (χ1) is 16.8. The van der Waals surface area contributed by atoms with Crippen LogP contribution in [0, 0.1) is 11.3 Å². The fourth-order valence-electron chi connectivity index (χ4n) is 6.18. The van der Waals surface area contributed by atoms with Crippen molar-refractivity contribution >= 4 is 40.6 Å². The molecule has 0 unspecified atom stereocenters. The number of benzene rings is 2. The Kier molecular flexibility index (Phi) is 4.71. The number of carbonyl (C=O) groups is 3. The van der Waals surface area contributed by atoms with Gasteiger partial charge in [0.05, 0.1) is 22.9 Å². The minimum Gasteiger partial charge on any atom is -0.358 e. The van der Waals surface area contributed by atoms with E-state index in [2.05, 4.69) is 5.32 Å². The molecule has 4 heterocycles. The van der Waals surface area contributed by atoms with E-state index in [1.807, 2.05) is 97.9 Å². The molecule has 2 aromatic carbocycles. The largest absolute Gasteiger partial charge is 0.358 e. The van der Waals surface area contributed by atoms with Gasteiger partial charge in [-0.2, -0.15) is 0 Å². The maximum absolute atomic E-state index is 14.3. The number of hydrogen-bond donors (Lipinski definition) is 1. The van der Waals surface area contributed by atoms with Crippen LogP contribution in [0.1, 0.15) is 53.2 Å². The van der Waals surface area contributed by atoms with E-state index in [1.165, 1.54) is 11.3 Å². The Morgan fingerprint density at radius 3 is 2.49 bits per heavy atom. The molecule has 0 bridgehead atoms. The number of nitrogens with one attached hydrogen (secondary N) is 1. The first-order valence-corrected chi connectivity index (χ1v) is 12.7. The Hall–Kier alpha value is -3.51. The van der Waals surface area contributed by atoms with Gasteiger partial charge < -0.3 is 10.2 Å². The van der Waals surface area contributed by atoms with Gasteiger partial charge in [0.25, 0.3) is 0 Å². The van der Waals surface area contributed by atoms with Crippen molar-refractivity contribution in [2.75, 3.05) is 5.32 Å². The molecule has 4 atom stereocenters. The van der Waals surface area contributed by atoms with Crippen LogP contribution in [0.4, 0.5) is 5.69 Å². The van der Waals surface area contributed by atoms with Gasteiger partial charge in [0, 0.05) is 17.3 Å². The van der Waals surface area contributed by atoms with Crippen molar-refractivity contribution in [1.82, 2.24) is 4.90 Å². The molecule has 1 N–H and O–H groups in total. The molecular formula is C29H26N2O3S. The van der Waals surface area contributed by atoms with E-state index in [9.17, 15) is 14.4 Å². The van der Waals surface area contributed by atoms with Gasteiger partial charge in [-0.1, -0.05) is 69.3 Å². The number of amides is 1. The predicted octanol–water partition coefficient (Wildman–Crippen LogP) is 5.46. The molecule has 6 heteroatoms. The Morgan fingerprint density at radius 1 is 1.00 bits per heavy atom. The van der Waals surface area contributed by atoms with Gasteiger partial charge in [0.2, 0.25) is 5.91 Å². The fourth-order valence-corrected chi connectivity index (χ4v) is 6.89. The smallest absolute Gasteiger partial charge is 0.238 e. The second-order valence-electron chi connectivity index (χ2n) is 10.5. The number of para-hydroxylation sites is 1. The first kappa shape index (κ1) is 22.0. The summed E-state index contributed by atoms with van der Waals surface area (Å²) in [5.41, 5.74) is 1.49. The average Bonchev–Trinajstić information content (AvgIpc) is 3.55. The fraction of sp³-hybridized carbons (Fsp3) is 0.276. The van der Waals surface area contributed by atoms with Crippen LogP contribution >= 0.6 is 11.3 Å². The summed E-state index contributed by atoms with van der Waals surface area (Å²) in [6.45, 7) is 5.64. The lowest BCUT2D eigenvalue weighted by Gasteiger charge is -2.38. The van der Waals surface area contributed by atoms with E-state index >= 15 is 0 Å². The van der Waals surface area contributed by atoms with Crippen LogP contribution in [-0.2, 0) is 15.0 Å². The highest BCUT2D eigenvalue weighted by molar-refractivity contribution is 7.12. The Labute approximate surface area is 208 Å². The second-order valence-corrected chi connectivity index (χ2v) is 11.5. The number of Topliss-reactive ketones (excluding diaryl/α,β-unsaturated/α-hetero) is 2. The van der Waals surface area contributed by atoms with Crippen molar-refractivity contribution in [3.05, 3.63) is 93.8 Å². The zero-order chi connectivity index (χ0) is 24.5. The van der Waals surface area contributed by atoms with E-state index in [-0.39, 0.29) is 17.5 Å². The van der Waals surface area contributed by atoms with Gasteiger partial charge in [-0.15, -0.1) is 11.3 Å². The van der Waals surface area contributed by atoms with Crippen molar-refractivity contribution in [3.8, 4) is 0 Å². The third kappa shape index (κ3) is 2.89. The molecule has 1 spiro atoms. The maximum Gasteiger partial charge on any atom is 0.238 e. The van der Waals surface area contributed by atoms with E-state index < -0.39 is 28.8 Å². The average molecular weight is 483 g/mol. The van der Waals surface area contributed by atoms with Gasteiger partial charge in [-0.25, -0.2) is 0 Å². The molecule has 3 aliphatic rings. The van der Waals surface area contributed by atoms with E-state index in [1.54, 1.807) is 6.07 Å². The summed E-state index contributed by atoms with van der Waals surface area (Å²) in [5, 5.41) is 4.93. The van der Waals surface area contributed by atoms with E-state index in [0.29, 0.717) is 10.6 Å². The highest BCUT2D eigenvalue weighted by Crippen LogP contribution is 2.62. The summed E-state index contributed by atoms with van der Waals surface area (Å²) in [5.74, 6) is -1.31. The summed E-state index contributed by atoms with van der Waals surface area (Å²) < 4.78 is 0. The highest BCUT2D eigenvalue weighted by Gasteiger charge is 2.71. The van der Waals surface area contributed by atoms with Crippen LogP contribution in [-0.4, -0.2) is 28.4 Å². The van der Waals surface area contributed by atoms with Crippen LogP contribution in [0.25, 0.3) is 6.08 Å². The third-order valence-corrected chi connectivity index (χ3v) is 8.51. The van der Waals surface area contributed by atoms with Crippen molar-refractivity contribution < 1.29 is 14.4 Å². The maximum atomic E-state index is 14.3. The molecule has 1 saturated heterocycles. The number of nitrogens with zero attached hydrogens (tertiary/aromatic N) is 1. The standard InChI is InChI=1S/C29H26N2O3S/c1-28(2,3)26(33)23-22(24(32)21-13-8-16-35-21)29(19-11-6-7-12-20(19)30-27(29)34)25-18-10-5-4-9-17(18)14-15-31(23)25/h4-16,22-23,25H,1-3H3,(H,30,34)/t22-,23-,25+,29+/m0/s1. The number of carbonyl (C=O) groups excluding carboxylic acids is 3. The Balaban J connectivity index is 1.70. The molecule has 5 nitrogen and oxygen atoms in total. The van der Waals surface area contributed by atoms with Crippen molar-refractivity contribution in [2.45, 2.75) is 38.3 Å². The molecule has 3 aromatic rings. The van der Waals surface area contributed by atoms with Gasteiger partial charge in [-0.3, -0.25) is 14.4 Å². The van der Waals surface area contributed by atoms with E-state index in [0.717, 1.165) is 16.7 Å². The molecule has 176 valence electrons. The molecular weight excluding hydrogens is 456 g/mol. The zero-order valence-electron chi connectivity index (χ0n) is 19.8. The molecule has 0 saturated carbocycles. The summed E-state index contributed by atoms with van der Waals surface area (Å²) in [7, 11) is 0. The quantitative estimate of drug-likeness (QED) is 0.503. The first-order valence-electron chi connectivity index (χ1n) is 11.8. The van der Waals surface area contributed by atoms with Crippen LogP contribution < -0.4 is 5.32 Å². The number of thiophene rings is 1. The van der Waals surface area contributed by atoms with E-state index in [4.69, 9.17) is 0 Å². The summed E-state index contributed by atoms with van der Waals surface area (Å²) >= 11 is 1.35. The lowest BCUT2D eigenvalue weighted by molar-refractivity contribution is -0.131. The predicted molar refractivity (Wildman–Crippen MR) is 137 cm³/mol. The number of ketones is 2. The highest BCUT2D eigenvalue weighted by atomic mass is 32.1. The van der Waals surface area contributed by atoms with Gasteiger partial charge >= 0.3 is 0 Å². The van der Waals surface area contributed by atoms with Gasteiger partial charge in [-0.05, 0) is 40.3 Å².